The van der Waals surface area contributed by atoms with Gasteiger partial charge in [-0.1, -0.05) is 18.2 Å². The molecule has 0 spiro atoms. The third-order valence-corrected chi connectivity index (χ3v) is 2.86. The molecule has 2 rings (SSSR count). The molecule has 0 aromatic heterocycles. The average Bonchev–Trinajstić information content (AvgIpc) is 2.42. The van der Waals surface area contributed by atoms with Crippen molar-refractivity contribution in [2.45, 2.75) is 12.7 Å². The monoisotopic (exact) mass is 297 g/mol. The van der Waals surface area contributed by atoms with Crippen molar-refractivity contribution in [1.29, 1.82) is 0 Å². The van der Waals surface area contributed by atoms with E-state index in [-0.39, 0.29) is 12.1 Å². The SMILES string of the molecule is O=C(O)c1ccc2cc(CNC(=O)C(F)(F)F)ccc2c1. The van der Waals surface area contributed by atoms with E-state index in [4.69, 9.17) is 5.11 Å². The highest BCUT2D eigenvalue weighted by atomic mass is 19.4. The minimum atomic E-state index is -4.91. The Kier molecular flexibility index (Phi) is 3.84. The summed E-state index contributed by atoms with van der Waals surface area (Å²) >= 11 is 0. The predicted octanol–water partition coefficient (Wildman–Crippen LogP) is 2.72. The van der Waals surface area contributed by atoms with Gasteiger partial charge in [-0.15, -0.1) is 0 Å². The Morgan fingerprint density at radius 2 is 1.67 bits per heavy atom. The van der Waals surface area contributed by atoms with Crippen molar-refractivity contribution >= 4 is 22.6 Å². The summed E-state index contributed by atoms with van der Waals surface area (Å²) in [5, 5.41) is 12.0. The zero-order chi connectivity index (χ0) is 15.6. The Morgan fingerprint density at radius 1 is 1.05 bits per heavy atom. The summed E-state index contributed by atoms with van der Waals surface area (Å²) in [6.07, 6.45) is -4.91. The fourth-order valence-corrected chi connectivity index (χ4v) is 1.82. The first-order valence-electron chi connectivity index (χ1n) is 5.88. The summed E-state index contributed by atoms with van der Waals surface area (Å²) in [7, 11) is 0. The number of amides is 1. The largest absolute Gasteiger partial charge is 0.478 e. The van der Waals surface area contributed by atoms with Crippen LogP contribution < -0.4 is 5.32 Å². The van der Waals surface area contributed by atoms with Gasteiger partial charge in [0.15, 0.2) is 0 Å². The zero-order valence-electron chi connectivity index (χ0n) is 10.6. The Morgan fingerprint density at radius 3 is 2.29 bits per heavy atom. The third-order valence-electron chi connectivity index (χ3n) is 2.86. The number of fused-ring (bicyclic) bond motifs is 1. The number of carbonyl (C=O) groups excluding carboxylic acids is 1. The molecular weight excluding hydrogens is 287 g/mol. The number of rotatable bonds is 3. The average molecular weight is 297 g/mol. The topological polar surface area (TPSA) is 66.4 Å². The molecule has 2 aromatic rings. The van der Waals surface area contributed by atoms with Crippen molar-refractivity contribution < 1.29 is 27.9 Å². The van der Waals surface area contributed by atoms with Gasteiger partial charge in [0.2, 0.25) is 0 Å². The summed E-state index contributed by atoms with van der Waals surface area (Å²) in [5.41, 5.74) is 0.615. The number of benzene rings is 2. The zero-order valence-corrected chi connectivity index (χ0v) is 10.6. The lowest BCUT2D eigenvalue weighted by Gasteiger charge is -2.09. The minimum absolute atomic E-state index is 0.126. The normalized spacial score (nSPS) is 11.4. The van der Waals surface area contributed by atoms with Gasteiger partial charge in [-0.2, -0.15) is 13.2 Å². The summed E-state index contributed by atoms with van der Waals surface area (Å²) in [6, 6.07) is 9.16. The highest BCUT2D eigenvalue weighted by Crippen LogP contribution is 2.19. The quantitative estimate of drug-likeness (QED) is 0.915. The molecule has 0 aliphatic rings. The van der Waals surface area contributed by atoms with Crippen molar-refractivity contribution in [1.82, 2.24) is 5.32 Å². The molecule has 0 aliphatic heterocycles. The van der Waals surface area contributed by atoms with Crippen LogP contribution in [0.3, 0.4) is 0 Å². The fraction of sp³-hybridized carbons (Fsp3) is 0.143. The molecule has 0 saturated carbocycles. The van der Waals surface area contributed by atoms with Crippen LogP contribution in [0.25, 0.3) is 10.8 Å². The van der Waals surface area contributed by atoms with Crippen LogP contribution in [0.4, 0.5) is 13.2 Å². The highest BCUT2D eigenvalue weighted by molar-refractivity contribution is 5.94. The van der Waals surface area contributed by atoms with Crippen LogP contribution in [0, 0.1) is 0 Å². The molecule has 2 N–H and O–H groups in total. The van der Waals surface area contributed by atoms with E-state index in [1.54, 1.807) is 23.5 Å². The minimum Gasteiger partial charge on any atom is -0.478 e. The molecule has 4 nitrogen and oxygen atoms in total. The summed E-state index contributed by atoms with van der Waals surface area (Å²) < 4.78 is 36.2. The molecule has 2 aromatic carbocycles. The first kappa shape index (κ1) is 14.8. The lowest BCUT2D eigenvalue weighted by molar-refractivity contribution is -0.173. The van der Waals surface area contributed by atoms with E-state index in [2.05, 4.69) is 0 Å². The van der Waals surface area contributed by atoms with E-state index >= 15 is 0 Å². The highest BCUT2D eigenvalue weighted by Gasteiger charge is 2.38. The summed E-state index contributed by atoms with van der Waals surface area (Å²) in [6.45, 7) is -0.255. The molecule has 0 aliphatic carbocycles. The van der Waals surface area contributed by atoms with Crippen molar-refractivity contribution in [2.75, 3.05) is 0 Å². The Labute approximate surface area is 117 Å². The number of carbonyl (C=O) groups is 2. The maximum atomic E-state index is 12.1. The summed E-state index contributed by atoms with van der Waals surface area (Å²) in [4.78, 5) is 21.5. The van der Waals surface area contributed by atoms with Crippen LogP contribution in [0.2, 0.25) is 0 Å². The lowest BCUT2D eigenvalue weighted by Crippen LogP contribution is -2.36. The van der Waals surface area contributed by atoms with Crippen molar-refractivity contribution in [2.24, 2.45) is 0 Å². The van der Waals surface area contributed by atoms with Gasteiger partial charge < -0.3 is 10.4 Å². The fourth-order valence-electron chi connectivity index (χ4n) is 1.82. The molecule has 0 heterocycles. The standard InChI is InChI=1S/C14H10F3NO3/c15-14(16,17)13(21)18-7-8-1-2-10-6-11(12(19)20)4-3-9(10)5-8/h1-6H,7H2,(H,18,21)(H,19,20). The smallest absolute Gasteiger partial charge is 0.471 e. The number of hydrogen-bond acceptors (Lipinski definition) is 2. The van der Waals surface area contributed by atoms with Crippen LogP contribution in [0.1, 0.15) is 15.9 Å². The van der Waals surface area contributed by atoms with Crippen LogP contribution in [-0.2, 0) is 11.3 Å². The molecule has 110 valence electrons. The Balaban J connectivity index is 2.18. The van der Waals surface area contributed by atoms with Crippen molar-refractivity contribution in [3.8, 4) is 0 Å². The first-order valence-corrected chi connectivity index (χ1v) is 5.88. The molecule has 1 amide bonds. The van der Waals surface area contributed by atoms with Gasteiger partial charge in [-0.05, 0) is 34.5 Å². The molecule has 21 heavy (non-hydrogen) atoms. The Hall–Kier alpha value is -2.57. The van der Waals surface area contributed by atoms with E-state index < -0.39 is 18.1 Å². The van der Waals surface area contributed by atoms with Gasteiger partial charge in [0.05, 0.1) is 5.56 Å². The number of carboxylic acid groups (broad SMARTS) is 1. The summed E-state index contributed by atoms with van der Waals surface area (Å²) in [5.74, 6) is -3.05. The second kappa shape index (κ2) is 5.43. The molecule has 0 saturated heterocycles. The van der Waals surface area contributed by atoms with E-state index in [0.717, 1.165) is 0 Å². The molecule has 0 bridgehead atoms. The third kappa shape index (κ3) is 3.50. The second-order valence-electron chi connectivity index (χ2n) is 4.38. The second-order valence-corrected chi connectivity index (χ2v) is 4.38. The molecule has 0 atom stereocenters. The molecule has 0 fully saturated rings. The lowest BCUT2D eigenvalue weighted by atomic mass is 10.0. The van der Waals surface area contributed by atoms with Gasteiger partial charge in [-0.3, -0.25) is 4.79 Å². The van der Waals surface area contributed by atoms with E-state index in [0.29, 0.717) is 16.3 Å². The maximum absolute atomic E-state index is 12.1. The Bertz CT molecular complexity index is 710. The number of nitrogens with one attached hydrogen (secondary N) is 1. The number of halogens is 3. The van der Waals surface area contributed by atoms with Gasteiger partial charge >= 0.3 is 18.1 Å². The predicted molar refractivity (Wildman–Crippen MR) is 68.8 cm³/mol. The molecule has 0 unspecified atom stereocenters. The van der Waals surface area contributed by atoms with Gasteiger partial charge in [-0.25, -0.2) is 4.79 Å². The molecule has 0 radical (unpaired) electrons. The van der Waals surface area contributed by atoms with E-state index in [9.17, 15) is 22.8 Å². The number of hydrogen-bond donors (Lipinski definition) is 2. The van der Waals surface area contributed by atoms with Crippen LogP contribution in [0.5, 0.6) is 0 Å². The van der Waals surface area contributed by atoms with Crippen LogP contribution in [-0.4, -0.2) is 23.2 Å². The van der Waals surface area contributed by atoms with E-state index in [1.807, 2.05) is 0 Å². The van der Waals surface area contributed by atoms with E-state index in [1.165, 1.54) is 18.2 Å². The maximum Gasteiger partial charge on any atom is 0.471 e. The van der Waals surface area contributed by atoms with Crippen molar-refractivity contribution in [3.63, 3.8) is 0 Å². The van der Waals surface area contributed by atoms with Gasteiger partial charge in [0.25, 0.3) is 0 Å². The number of alkyl halides is 3. The van der Waals surface area contributed by atoms with Crippen LogP contribution >= 0.6 is 0 Å². The first-order chi connectivity index (χ1) is 9.77. The van der Waals surface area contributed by atoms with Crippen LogP contribution in [0.15, 0.2) is 36.4 Å². The number of carboxylic acids is 1. The molecule has 7 heteroatoms. The van der Waals surface area contributed by atoms with Gasteiger partial charge in [0, 0.05) is 6.54 Å². The van der Waals surface area contributed by atoms with Gasteiger partial charge in [0.1, 0.15) is 0 Å². The molecular formula is C14H10F3NO3. The van der Waals surface area contributed by atoms with Crippen molar-refractivity contribution in [3.05, 3.63) is 47.5 Å². The number of aromatic carboxylic acids is 1.